The molecule has 0 unspecified atom stereocenters. The molecule has 0 amide bonds. The maximum Gasteiger partial charge on any atom is 0.00926 e. The highest BCUT2D eigenvalue weighted by atomic mass is 15.2. The number of hydrogen-bond acceptors (Lipinski definition) is 2. The van der Waals surface area contributed by atoms with Crippen LogP contribution >= 0.6 is 0 Å². The van der Waals surface area contributed by atoms with Crippen LogP contribution in [0.25, 0.3) is 0 Å². The fourth-order valence-corrected chi connectivity index (χ4v) is 2.45. The van der Waals surface area contributed by atoms with Crippen molar-refractivity contribution in [3.8, 4) is 0 Å². The Bertz CT molecular complexity index is 136. The normalized spacial score (nSPS) is 24.0. The zero-order chi connectivity index (χ0) is 10.2. The van der Waals surface area contributed by atoms with Crippen molar-refractivity contribution < 1.29 is 0 Å². The van der Waals surface area contributed by atoms with E-state index < -0.39 is 0 Å². The van der Waals surface area contributed by atoms with Crippen molar-refractivity contribution in [2.75, 3.05) is 19.6 Å². The van der Waals surface area contributed by atoms with Gasteiger partial charge in [0, 0.05) is 6.04 Å². The molecule has 0 aromatic rings. The van der Waals surface area contributed by atoms with Crippen molar-refractivity contribution in [2.24, 2.45) is 5.73 Å². The Morgan fingerprint density at radius 2 is 2.07 bits per heavy atom. The first-order valence-corrected chi connectivity index (χ1v) is 6.32. The van der Waals surface area contributed by atoms with Crippen LogP contribution in [0.5, 0.6) is 0 Å². The van der Waals surface area contributed by atoms with Gasteiger partial charge in [-0.2, -0.15) is 0 Å². The molecule has 2 N–H and O–H groups in total. The predicted molar refractivity (Wildman–Crippen MR) is 62.4 cm³/mol. The van der Waals surface area contributed by atoms with Gasteiger partial charge in [-0.1, -0.05) is 19.8 Å². The summed E-state index contributed by atoms with van der Waals surface area (Å²) in [6.45, 7) is 5.82. The van der Waals surface area contributed by atoms with Crippen LogP contribution in [-0.2, 0) is 0 Å². The van der Waals surface area contributed by atoms with Crippen LogP contribution in [-0.4, -0.2) is 30.6 Å². The maximum atomic E-state index is 5.49. The van der Waals surface area contributed by atoms with Gasteiger partial charge in [0.15, 0.2) is 0 Å². The Kier molecular flexibility index (Phi) is 6.20. The number of nitrogens with two attached hydrogens (primary N) is 1. The number of piperidine rings is 1. The van der Waals surface area contributed by atoms with Crippen molar-refractivity contribution in [3.63, 3.8) is 0 Å². The molecule has 0 radical (unpaired) electrons. The lowest BCUT2D eigenvalue weighted by atomic mass is 9.99. The van der Waals surface area contributed by atoms with Crippen molar-refractivity contribution >= 4 is 0 Å². The molecule has 0 spiro atoms. The monoisotopic (exact) mass is 198 g/mol. The minimum Gasteiger partial charge on any atom is -0.330 e. The number of likely N-dealkylation sites (tertiary alicyclic amines) is 1. The summed E-state index contributed by atoms with van der Waals surface area (Å²) in [6.07, 6.45) is 9.46. The molecule has 1 rings (SSSR count). The molecular weight excluding hydrogens is 172 g/mol. The molecule has 2 nitrogen and oxygen atoms in total. The van der Waals surface area contributed by atoms with E-state index in [2.05, 4.69) is 11.8 Å². The first kappa shape index (κ1) is 12.0. The van der Waals surface area contributed by atoms with Crippen LogP contribution in [0.15, 0.2) is 0 Å². The molecule has 1 heterocycles. The lowest BCUT2D eigenvalue weighted by Crippen LogP contribution is -2.39. The summed E-state index contributed by atoms with van der Waals surface area (Å²) in [7, 11) is 0. The van der Waals surface area contributed by atoms with Gasteiger partial charge in [-0.05, 0) is 51.7 Å². The van der Waals surface area contributed by atoms with Crippen LogP contribution in [0, 0.1) is 0 Å². The third-order valence-electron chi connectivity index (χ3n) is 3.37. The summed E-state index contributed by atoms with van der Waals surface area (Å²) >= 11 is 0. The Balaban J connectivity index is 2.13. The van der Waals surface area contributed by atoms with Crippen molar-refractivity contribution in [1.29, 1.82) is 0 Å². The van der Waals surface area contributed by atoms with Gasteiger partial charge in [0.1, 0.15) is 0 Å². The SMILES string of the molecule is CC[C@@H]1CCCCN1CCCCCN. The van der Waals surface area contributed by atoms with E-state index in [-0.39, 0.29) is 0 Å². The second kappa shape index (κ2) is 7.24. The fraction of sp³-hybridized carbons (Fsp3) is 1.00. The van der Waals surface area contributed by atoms with Gasteiger partial charge >= 0.3 is 0 Å². The molecule has 84 valence electrons. The number of unbranched alkanes of at least 4 members (excludes halogenated alkanes) is 2. The highest BCUT2D eigenvalue weighted by Crippen LogP contribution is 2.19. The third kappa shape index (κ3) is 3.97. The molecule has 0 saturated carbocycles. The molecule has 0 bridgehead atoms. The zero-order valence-electron chi connectivity index (χ0n) is 9.67. The fourth-order valence-electron chi connectivity index (χ4n) is 2.45. The highest BCUT2D eigenvalue weighted by Gasteiger charge is 2.19. The standard InChI is InChI=1S/C12H26N2/c1-2-12-8-4-7-11-14(12)10-6-3-5-9-13/h12H,2-11,13H2,1H3/t12-/m1/s1. The van der Waals surface area contributed by atoms with E-state index in [0.717, 1.165) is 12.6 Å². The Hall–Kier alpha value is -0.0800. The second-order valence-electron chi connectivity index (χ2n) is 4.44. The second-order valence-corrected chi connectivity index (χ2v) is 4.44. The van der Waals surface area contributed by atoms with E-state index >= 15 is 0 Å². The summed E-state index contributed by atoms with van der Waals surface area (Å²) in [5.41, 5.74) is 5.49. The largest absolute Gasteiger partial charge is 0.330 e. The van der Waals surface area contributed by atoms with E-state index in [0.29, 0.717) is 0 Å². The van der Waals surface area contributed by atoms with Crippen LogP contribution < -0.4 is 5.73 Å². The van der Waals surface area contributed by atoms with Crippen LogP contribution in [0.4, 0.5) is 0 Å². The number of rotatable bonds is 6. The molecule has 1 fully saturated rings. The van der Waals surface area contributed by atoms with Crippen molar-refractivity contribution in [3.05, 3.63) is 0 Å². The molecule has 0 aliphatic carbocycles. The van der Waals surface area contributed by atoms with E-state index in [4.69, 9.17) is 5.73 Å². The average molecular weight is 198 g/mol. The number of hydrogen-bond donors (Lipinski definition) is 1. The van der Waals surface area contributed by atoms with Gasteiger partial charge in [0.2, 0.25) is 0 Å². The quantitative estimate of drug-likeness (QED) is 0.664. The molecular formula is C12H26N2. The van der Waals surface area contributed by atoms with Gasteiger partial charge < -0.3 is 10.6 Å². The molecule has 1 aliphatic rings. The molecule has 2 heteroatoms. The predicted octanol–water partition coefficient (Wildman–Crippen LogP) is 2.38. The first-order chi connectivity index (χ1) is 6.88. The zero-order valence-corrected chi connectivity index (χ0v) is 9.67. The minimum atomic E-state index is 0.858. The summed E-state index contributed by atoms with van der Waals surface area (Å²) in [5, 5.41) is 0. The lowest BCUT2D eigenvalue weighted by molar-refractivity contribution is 0.141. The van der Waals surface area contributed by atoms with Gasteiger partial charge in [-0.15, -0.1) is 0 Å². The molecule has 14 heavy (non-hydrogen) atoms. The van der Waals surface area contributed by atoms with Crippen molar-refractivity contribution in [1.82, 2.24) is 4.90 Å². The molecule has 0 aromatic carbocycles. The van der Waals surface area contributed by atoms with Gasteiger partial charge in [-0.3, -0.25) is 0 Å². The van der Waals surface area contributed by atoms with Gasteiger partial charge in [0.05, 0.1) is 0 Å². The Morgan fingerprint density at radius 3 is 2.79 bits per heavy atom. The highest BCUT2D eigenvalue weighted by molar-refractivity contribution is 4.75. The average Bonchev–Trinajstić information content (AvgIpc) is 2.25. The maximum absolute atomic E-state index is 5.49. The van der Waals surface area contributed by atoms with E-state index in [1.54, 1.807) is 0 Å². The topological polar surface area (TPSA) is 29.3 Å². The van der Waals surface area contributed by atoms with Crippen molar-refractivity contribution in [2.45, 2.75) is 57.9 Å². The Morgan fingerprint density at radius 1 is 1.21 bits per heavy atom. The molecule has 1 aliphatic heterocycles. The smallest absolute Gasteiger partial charge is 0.00926 e. The van der Waals surface area contributed by atoms with Crippen LogP contribution in [0.1, 0.15) is 51.9 Å². The van der Waals surface area contributed by atoms with E-state index in [1.165, 1.54) is 58.0 Å². The van der Waals surface area contributed by atoms with Crippen LogP contribution in [0.2, 0.25) is 0 Å². The molecule has 0 aromatic heterocycles. The van der Waals surface area contributed by atoms with E-state index in [1.807, 2.05) is 0 Å². The van der Waals surface area contributed by atoms with Gasteiger partial charge in [0.25, 0.3) is 0 Å². The molecule has 1 atom stereocenters. The Labute approximate surface area is 88.8 Å². The molecule has 1 saturated heterocycles. The first-order valence-electron chi connectivity index (χ1n) is 6.32. The van der Waals surface area contributed by atoms with E-state index in [9.17, 15) is 0 Å². The summed E-state index contributed by atoms with van der Waals surface area (Å²) in [4.78, 5) is 2.69. The summed E-state index contributed by atoms with van der Waals surface area (Å²) in [5.74, 6) is 0. The van der Waals surface area contributed by atoms with Gasteiger partial charge in [-0.25, -0.2) is 0 Å². The number of nitrogens with zero attached hydrogens (tertiary/aromatic N) is 1. The van der Waals surface area contributed by atoms with Crippen LogP contribution in [0.3, 0.4) is 0 Å². The minimum absolute atomic E-state index is 0.858. The third-order valence-corrected chi connectivity index (χ3v) is 3.37. The lowest BCUT2D eigenvalue weighted by Gasteiger charge is -2.35. The summed E-state index contributed by atoms with van der Waals surface area (Å²) < 4.78 is 0. The summed E-state index contributed by atoms with van der Waals surface area (Å²) in [6, 6.07) is 0.877.